The van der Waals surface area contributed by atoms with Crippen molar-refractivity contribution in [1.82, 2.24) is 5.32 Å². The van der Waals surface area contributed by atoms with Crippen LogP contribution in [0.3, 0.4) is 0 Å². The van der Waals surface area contributed by atoms with Crippen LogP contribution in [0, 0.1) is 5.92 Å². The molecule has 18 heavy (non-hydrogen) atoms. The van der Waals surface area contributed by atoms with Gasteiger partial charge < -0.3 is 10.1 Å². The standard InChI is InChI=1S/C15H24ClNO/c1-5-9-17-14(15(18-4)11(2)3)12-7-6-8-13(16)10-12/h6-8,10-11,14-15,17H,5,9H2,1-4H3. The molecule has 0 aromatic heterocycles. The number of ether oxygens (including phenoxy) is 1. The molecule has 0 aliphatic heterocycles. The molecule has 0 saturated carbocycles. The minimum Gasteiger partial charge on any atom is -0.379 e. The first-order chi connectivity index (χ1) is 8.60. The van der Waals surface area contributed by atoms with E-state index in [1.54, 1.807) is 7.11 Å². The Balaban J connectivity index is 2.96. The SMILES string of the molecule is CCCNC(c1cccc(Cl)c1)C(OC)C(C)C. The second kappa shape index (κ2) is 7.78. The summed E-state index contributed by atoms with van der Waals surface area (Å²) in [6, 6.07) is 8.20. The Morgan fingerprint density at radius 1 is 1.33 bits per heavy atom. The van der Waals surface area contributed by atoms with Crippen LogP contribution in [0.1, 0.15) is 38.8 Å². The van der Waals surface area contributed by atoms with Gasteiger partial charge in [0.25, 0.3) is 0 Å². The van der Waals surface area contributed by atoms with Crippen molar-refractivity contribution in [2.45, 2.75) is 39.3 Å². The molecule has 0 bridgehead atoms. The van der Waals surface area contributed by atoms with E-state index >= 15 is 0 Å². The zero-order chi connectivity index (χ0) is 13.5. The average molecular weight is 270 g/mol. The van der Waals surface area contributed by atoms with E-state index in [9.17, 15) is 0 Å². The second-order valence-electron chi connectivity index (χ2n) is 4.93. The van der Waals surface area contributed by atoms with E-state index in [1.807, 2.05) is 18.2 Å². The molecule has 0 radical (unpaired) electrons. The van der Waals surface area contributed by atoms with Gasteiger partial charge in [-0.2, -0.15) is 0 Å². The lowest BCUT2D eigenvalue weighted by molar-refractivity contribution is 0.0327. The maximum atomic E-state index is 6.08. The van der Waals surface area contributed by atoms with Crippen LogP contribution in [0.15, 0.2) is 24.3 Å². The van der Waals surface area contributed by atoms with Crippen molar-refractivity contribution >= 4 is 11.6 Å². The lowest BCUT2D eigenvalue weighted by Crippen LogP contribution is -2.37. The highest BCUT2D eigenvalue weighted by molar-refractivity contribution is 6.30. The summed E-state index contributed by atoms with van der Waals surface area (Å²) in [5, 5.41) is 4.33. The molecule has 0 fully saturated rings. The number of methoxy groups -OCH3 is 1. The fourth-order valence-electron chi connectivity index (χ4n) is 2.22. The van der Waals surface area contributed by atoms with Crippen molar-refractivity contribution in [3.8, 4) is 0 Å². The van der Waals surface area contributed by atoms with Crippen LogP contribution < -0.4 is 5.32 Å². The van der Waals surface area contributed by atoms with Gasteiger partial charge in [0.1, 0.15) is 0 Å². The zero-order valence-corrected chi connectivity index (χ0v) is 12.5. The van der Waals surface area contributed by atoms with Crippen LogP contribution in [0.4, 0.5) is 0 Å². The lowest BCUT2D eigenvalue weighted by atomic mass is 9.93. The molecule has 3 heteroatoms. The highest BCUT2D eigenvalue weighted by Gasteiger charge is 2.25. The van der Waals surface area contributed by atoms with E-state index in [0.29, 0.717) is 5.92 Å². The van der Waals surface area contributed by atoms with Crippen LogP contribution in [-0.4, -0.2) is 19.8 Å². The molecule has 102 valence electrons. The number of rotatable bonds is 7. The molecule has 1 aromatic carbocycles. The molecule has 0 aliphatic carbocycles. The maximum absolute atomic E-state index is 6.08. The summed E-state index contributed by atoms with van der Waals surface area (Å²) >= 11 is 6.08. The fourth-order valence-corrected chi connectivity index (χ4v) is 2.42. The van der Waals surface area contributed by atoms with Gasteiger partial charge in [-0.05, 0) is 36.6 Å². The largest absolute Gasteiger partial charge is 0.379 e. The van der Waals surface area contributed by atoms with Crippen molar-refractivity contribution in [1.29, 1.82) is 0 Å². The van der Waals surface area contributed by atoms with Crippen molar-refractivity contribution in [3.63, 3.8) is 0 Å². The summed E-state index contributed by atoms with van der Waals surface area (Å²) in [6.07, 6.45) is 1.25. The van der Waals surface area contributed by atoms with E-state index in [2.05, 4.69) is 32.2 Å². The monoisotopic (exact) mass is 269 g/mol. The fraction of sp³-hybridized carbons (Fsp3) is 0.600. The van der Waals surface area contributed by atoms with Gasteiger partial charge in [-0.1, -0.05) is 44.5 Å². The molecular weight excluding hydrogens is 246 g/mol. The van der Waals surface area contributed by atoms with Crippen molar-refractivity contribution in [2.75, 3.05) is 13.7 Å². The van der Waals surface area contributed by atoms with Crippen LogP contribution in [0.5, 0.6) is 0 Å². The summed E-state index contributed by atoms with van der Waals surface area (Å²) < 4.78 is 5.66. The average Bonchev–Trinajstić information content (AvgIpc) is 2.33. The third-order valence-electron chi connectivity index (χ3n) is 3.08. The Morgan fingerprint density at radius 3 is 2.56 bits per heavy atom. The molecule has 2 nitrogen and oxygen atoms in total. The van der Waals surface area contributed by atoms with E-state index in [1.165, 1.54) is 5.56 Å². The van der Waals surface area contributed by atoms with Crippen LogP contribution in [0.25, 0.3) is 0 Å². The predicted octanol–water partition coefficient (Wildman–Crippen LogP) is 4.05. The highest BCUT2D eigenvalue weighted by Crippen LogP contribution is 2.26. The summed E-state index contributed by atoms with van der Waals surface area (Å²) in [5.41, 5.74) is 1.19. The normalized spacial score (nSPS) is 14.8. The topological polar surface area (TPSA) is 21.3 Å². The van der Waals surface area contributed by atoms with Gasteiger partial charge in [0.2, 0.25) is 0 Å². The first-order valence-electron chi connectivity index (χ1n) is 6.61. The van der Waals surface area contributed by atoms with Gasteiger partial charge >= 0.3 is 0 Å². The van der Waals surface area contributed by atoms with Gasteiger partial charge in [-0.3, -0.25) is 0 Å². The molecule has 0 saturated heterocycles. The molecular formula is C15H24ClNO. The Morgan fingerprint density at radius 2 is 2.06 bits per heavy atom. The second-order valence-corrected chi connectivity index (χ2v) is 5.37. The van der Waals surface area contributed by atoms with Crippen molar-refractivity contribution in [3.05, 3.63) is 34.9 Å². The molecule has 1 N–H and O–H groups in total. The smallest absolute Gasteiger partial charge is 0.0788 e. The number of hydrogen-bond donors (Lipinski definition) is 1. The van der Waals surface area contributed by atoms with Crippen molar-refractivity contribution in [2.24, 2.45) is 5.92 Å². The highest BCUT2D eigenvalue weighted by atomic mass is 35.5. The quantitative estimate of drug-likeness (QED) is 0.806. The van der Waals surface area contributed by atoms with Crippen molar-refractivity contribution < 1.29 is 4.74 Å². The molecule has 1 aromatic rings. The molecule has 0 heterocycles. The Hall–Kier alpha value is -0.570. The van der Waals surface area contributed by atoms with Gasteiger partial charge in [0.05, 0.1) is 12.1 Å². The Bertz CT molecular complexity index is 354. The third-order valence-corrected chi connectivity index (χ3v) is 3.31. The van der Waals surface area contributed by atoms with Crippen LogP contribution in [0.2, 0.25) is 5.02 Å². The lowest BCUT2D eigenvalue weighted by Gasteiger charge is -2.30. The first kappa shape index (κ1) is 15.5. The zero-order valence-electron chi connectivity index (χ0n) is 11.7. The van der Waals surface area contributed by atoms with Gasteiger partial charge in [0.15, 0.2) is 0 Å². The molecule has 2 unspecified atom stereocenters. The number of hydrogen-bond acceptors (Lipinski definition) is 2. The van der Waals surface area contributed by atoms with Gasteiger partial charge in [-0.25, -0.2) is 0 Å². The van der Waals surface area contributed by atoms with Gasteiger partial charge in [0, 0.05) is 12.1 Å². The predicted molar refractivity (Wildman–Crippen MR) is 78.1 cm³/mol. The molecule has 0 spiro atoms. The maximum Gasteiger partial charge on any atom is 0.0788 e. The Labute approximate surface area is 116 Å². The number of halogens is 1. The number of nitrogens with one attached hydrogen (secondary N) is 1. The summed E-state index contributed by atoms with van der Waals surface area (Å²) in [7, 11) is 1.77. The molecule has 0 amide bonds. The third kappa shape index (κ3) is 4.27. The molecule has 2 atom stereocenters. The minimum absolute atomic E-state index is 0.148. The summed E-state index contributed by atoms with van der Waals surface area (Å²) in [6.45, 7) is 7.50. The molecule has 1 rings (SSSR count). The van der Waals surface area contributed by atoms with Gasteiger partial charge in [-0.15, -0.1) is 0 Å². The summed E-state index contributed by atoms with van der Waals surface area (Å²) in [4.78, 5) is 0. The summed E-state index contributed by atoms with van der Waals surface area (Å²) in [5.74, 6) is 0.448. The number of benzene rings is 1. The minimum atomic E-state index is 0.148. The Kier molecular flexibility index (Phi) is 6.69. The van der Waals surface area contributed by atoms with E-state index in [4.69, 9.17) is 16.3 Å². The van der Waals surface area contributed by atoms with E-state index < -0.39 is 0 Å². The van der Waals surface area contributed by atoms with E-state index in [-0.39, 0.29) is 12.1 Å². The van der Waals surface area contributed by atoms with E-state index in [0.717, 1.165) is 18.0 Å². The first-order valence-corrected chi connectivity index (χ1v) is 6.99. The molecule has 0 aliphatic rings. The van der Waals surface area contributed by atoms with Crippen LogP contribution >= 0.6 is 11.6 Å². The van der Waals surface area contributed by atoms with Crippen LogP contribution in [-0.2, 0) is 4.74 Å².